The van der Waals surface area contributed by atoms with Gasteiger partial charge in [-0.15, -0.1) is 0 Å². The molecule has 0 saturated heterocycles. The Morgan fingerprint density at radius 2 is 1.73 bits per heavy atom. The van der Waals surface area contributed by atoms with Gasteiger partial charge in [0.25, 0.3) is 0 Å². The number of benzene rings is 2. The van der Waals surface area contributed by atoms with Gasteiger partial charge >= 0.3 is 7.75 Å². The topological polar surface area (TPSA) is 59.6 Å². The summed E-state index contributed by atoms with van der Waals surface area (Å²) in [5, 5.41) is 8.04. The van der Waals surface area contributed by atoms with Crippen LogP contribution in [0, 0.1) is 0 Å². The van der Waals surface area contributed by atoms with Crippen LogP contribution in [-0.2, 0) is 13.6 Å². The molecule has 0 amide bonds. The molecule has 0 aromatic heterocycles. The lowest BCUT2D eigenvalue weighted by molar-refractivity contribution is 0.216. The van der Waals surface area contributed by atoms with Crippen LogP contribution >= 0.6 is 20.0 Å². The van der Waals surface area contributed by atoms with Crippen molar-refractivity contribution in [3.8, 4) is 0 Å². The normalized spacial score (nSPS) is 11.4. The first-order valence-corrected chi connectivity index (χ1v) is 8.98. The summed E-state index contributed by atoms with van der Waals surface area (Å²) in [5.74, 6) is 0. The zero-order valence-corrected chi connectivity index (χ0v) is 14.2. The third-order valence-electron chi connectivity index (χ3n) is 2.84. The molecular weight excluding hydrogens is 319 g/mol. The van der Waals surface area contributed by atoms with Gasteiger partial charge in [0.1, 0.15) is 0 Å². The van der Waals surface area contributed by atoms with E-state index in [1.165, 1.54) is 0 Å². The average Bonchev–Trinajstić information content (AvgIpc) is 2.47. The largest absolute Gasteiger partial charge is 0.434 e. The lowest BCUT2D eigenvalue weighted by Gasteiger charge is -2.19. The molecule has 0 bridgehead atoms. The molecule has 2 N–H and O–H groups in total. The van der Waals surface area contributed by atoms with Gasteiger partial charge in [-0.25, -0.2) is 4.57 Å². The molecule has 0 heterocycles. The lowest BCUT2D eigenvalue weighted by atomic mass is 10.1. The Kier molecular flexibility index (Phi) is 5.91. The van der Waals surface area contributed by atoms with Gasteiger partial charge in [0, 0.05) is 5.69 Å². The van der Waals surface area contributed by atoms with Crippen LogP contribution in [0.5, 0.6) is 0 Å². The molecule has 2 rings (SSSR count). The summed E-state index contributed by atoms with van der Waals surface area (Å²) in [5.41, 5.74) is 0.802. The van der Waals surface area contributed by atoms with Crippen molar-refractivity contribution in [1.82, 2.24) is 5.09 Å². The van der Waals surface area contributed by atoms with Crippen LogP contribution in [0.15, 0.2) is 42.5 Å². The Morgan fingerprint density at radius 3 is 2.36 bits per heavy atom. The van der Waals surface area contributed by atoms with Crippen LogP contribution in [-0.4, -0.2) is 18.3 Å². The van der Waals surface area contributed by atoms with Crippen LogP contribution in [0.4, 0.5) is 5.69 Å². The molecule has 22 heavy (non-hydrogen) atoms. The Balaban J connectivity index is 2.08. The zero-order valence-electron chi connectivity index (χ0n) is 12.5. The highest BCUT2D eigenvalue weighted by Gasteiger charge is 2.24. The first kappa shape index (κ1) is 16.9. The Morgan fingerprint density at radius 1 is 1.09 bits per heavy atom. The highest BCUT2D eigenvalue weighted by atomic mass is 32.1. The average molecular weight is 338 g/mol. The maximum Gasteiger partial charge on any atom is 0.434 e. The van der Waals surface area contributed by atoms with Gasteiger partial charge in [-0.1, -0.05) is 30.3 Å². The molecule has 0 fully saturated rings. The van der Waals surface area contributed by atoms with Gasteiger partial charge in [-0.3, -0.25) is 14.1 Å². The van der Waals surface area contributed by atoms with Crippen molar-refractivity contribution in [2.45, 2.75) is 13.8 Å². The van der Waals surface area contributed by atoms with Gasteiger partial charge in [0.05, 0.1) is 13.2 Å². The van der Waals surface area contributed by atoms with Crippen molar-refractivity contribution in [1.29, 1.82) is 0 Å². The highest BCUT2D eigenvalue weighted by Crippen LogP contribution is 2.43. The number of nitrogens with one attached hydrogen (secondary N) is 2. The van der Waals surface area contributed by atoms with E-state index in [4.69, 9.17) is 21.3 Å². The molecular formula is C15H19N2O3PS. The zero-order chi connectivity index (χ0) is 16.0. The molecule has 118 valence electrons. The Bertz CT molecular complexity index is 698. The van der Waals surface area contributed by atoms with Gasteiger partial charge < -0.3 is 5.32 Å². The van der Waals surface area contributed by atoms with Crippen LogP contribution in [0.3, 0.4) is 0 Å². The predicted molar refractivity (Wildman–Crippen MR) is 94.2 cm³/mol. The van der Waals surface area contributed by atoms with Crippen LogP contribution in [0.1, 0.15) is 13.8 Å². The maximum atomic E-state index is 12.3. The van der Waals surface area contributed by atoms with Gasteiger partial charge in [-0.05, 0) is 49.0 Å². The first-order valence-electron chi connectivity index (χ1n) is 7.03. The summed E-state index contributed by atoms with van der Waals surface area (Å²) < 4.78 is 22.6. The fourth-order valence-electron chi connectivity index (χ4n) is 1.99. The molecule has 0 spiro atoms. The minimum absolute atomic E-state index is 0.195. The van der Waals surface area contributed by atoms with Crippen molar-refractivity contribution in [3.05, 3.63) is 42.5 Å². The van der Waals surface area contributed by atoms with E-state index in [9.17, 15) is 4.57 Å². The molecule has 2 aromatic carbocycles. The smallest absolute Gasteiger partial charge is 0.332 e. The van der Waals surface area contributed by atoms with Crippen LogP contribution in [0.2, 0.25) is 0 Å². The predicted octanol–water partition coefficient (Wildman–Crippen LogP) is 4.31. The summed E-state index contributed by atoms with van der Waals surface area (Å²) in [6.07, 6.45) is 0. The summed E-state index contributed by atoms with van der Waals surface area (Å²) in [6, 6.07) is 13.9. The monoisotopic (exact) mass is 338 g/mol. The number of thiocarbonyl (C=S) groups is 1. The molecule has 0 aliphatic rings. The molecule has 7 heteroatoms. The minimum Gasteiger partial charge on any atom is -0.332 e. The van der Waals surface area contributed by atoms with Gasteiger partial charge in [0.2, 0.25) is 0 Å². The molecule has 0 aliphatic heterocycles. The van der Waals surface area contributed by atoms with Crippen molar-refractivity contribution >= 4 is 41.5 Å². The number of fused-ring (bicyclic) bond motifs is 1. The van der Waals surface area contributed by atoms with E-state index >= 15 is 0 Å². The van der Waals surface area contributed by atoms with Gasteiger partial charge in [-0.2, -0.15) is 0 Å². The van der Waals surface area contributed by atoms with Gasteiger partial charge in [0.15, 0.2) is 5.11 Å². The second kappa shape index (κ2) is 7.70. The molecule has 0 saturated carbocycles. The molecule has 0 aliphatic carbocycles. The quantitative estimate of drug-likeness (QED) is 0.605. The van der Waals surface area contributed by atoms with Crippen molar-refractivity contribution in [2.75, 3.05) is 18.5 Å². The SMILES string of the molecule is CCOP(=O)(NC(=S)Nc1ccc2ccccc2c1)OCC. The number of hydrogen-bond donors (Lipinski definition) is 2. The lowest BCUT2D eigenvalue weighted by Crippen LogP contribution is -2.27. The van der Waals surface area contributed by atoms with Crippen molar-refractivity contribution in [2.24, 2.45) is 0 Å². The van der Waals surface area contributed by atoms with E-state index in [-0.39, 0.29) is 18.3 Å². The van der Waals surface area contributed by atoms with Crippen LogP contribution < -0.4 is 10.4 Å². The van der Waals surface area contributed by atoms with Crippen LogP contribution in [0.25, 0.3) is 10.8 Å². The third kappa shape index (κ3) is 4.52. The summed E-state index contributed by atoms with van der Waals surface area (Å²) in [6.45, 7) is 4.02. The second-order valence-electron chi connectivity index (χ2n) is 4.46. The number of rotatable bonds is 6. The number of anilines is 1. The Hall–Kier alpha value is -1.46. The fraction of sp³-hybridized carbons (Fsp3) is 0.267. The molecule has 0 atom stereocenters. The van der Waals surface area contributed by atoms with E-state index in [1.807, 2.05) is 42.5 Å². The molecule has 0 unspecified atom stereocenters. The highest BCUT2D eigenvalue weighted by molar-refractivity contribution is 7.81. The van der Waals surface area contributed by atoms with E-state index in [2.05, 4.69) is 10.4 Å². The van der Waals surface area contributed by atoms with E-state index in [0.717, 1.165) is 16.5 Å². The standard InChI is InChI=1S/C15H19N2O3PS/c1-3-19-21(18,20-4-2)17-15(22)16-14-10-9-12-7-5-6-8-13(12)11-14/h5-11H,3-4H2,1-2H3,(H2,16,17,18,22). The third-order valence-corrected chi connectivity index (χ3v) is 4.89. The van der Waals surface area contributed by atoms with E-state index in [1.54, 1.807) is 13.8 Å². The first-order chi connectivity index (χ1) is 10.6. The minimum atomic E-state index is -3.41. The summed E-state index contributed by atoms with van der Waals surface area (Å²) >= 11 is 5.18. The Labute approximate surface area is 135 Å². The van der Waals surface area contributed by atoms with E-state index < -0.39 is 7.75 Å². The molecule has 5 nitrogen and oxygen atoms in total. The maximum absolute atomic E-state index is 12.3. The van der Waals surface area contributed by atoms with E-state index in [0.29, 0.717) is 0 Å². The summed E-state index contributed by atoms with van der Waals surface area (Å²) in [7, 11) is -3.41. The summed E-state index contributed by atoms with van der Waals surface area (Å²) in [4.78, 5) is 0. The number of hydrogen-bond acceptors (Lipinski definition) is 4. The van der Waals surface area contributed by atoms with Crippen molar-refractivity contribution in [3.63, 3.8) is 0 Å². The molecule has 0 radical (unpaired) electrons. The van der Waals surface area contributed by atoms with Crippen molar-refractivity contribution < 1.29 is 13.6 Å². The second-order valence-corrected chi connectivity index (χ2v) is 6.60. The molecule has 2 aromatic rings. The fourth-order valence-corrected chi connectivity index (χ4v) is 3.63.